The minimum absolute atomic E-state index is 0.242. The van der Waals surface area contributed by atoms with Gasteiger partial charge in [0.1, 0.15) is 12.4 Å². The van der Waals surface area contributed by atoms with Crippen LogP contribution in [-0.2, 0) is 11.2 Å². The van der Waals surface area contributed by atoms with Crippen molar-refractivity contribution in [1.29, 1.82) is 0 Å². The second kappa shape index (κ2) is 18.7. The SMILES string of the molecule is C=CC1=C(C)OC/C1=C\C=C/C(C)C1=C/Cc2ccccc2N(c2ccc(-c3c4c(c(C5=C=CC=C(c6ccc7c(c6)C=CCC7C)C=C5)c5c3=CC=CC=C=5)C=CC=C=C4)cc2)C/C=C\1. The van der Waals surface area contributed by atoms with Gasteiger partial charge >= 0.3 is 0 Å². The zero-order chi connectivity index (χ0) is 45.0. The molecule has 4 aromatic rings. The van der Waals surface area contributed by atoms with Crippen molar-refractivity contribution in [3.05, 3.63) is 260 Å². The van der Waals surface area contributed by atoms with E-state index in [0.29, 0.717) is 12.5 Å². The Morgan fingerprint density at radius 2 is 1.71 bits per heavy atom. The Labute approximate surface area is 390 Å². The van der Waals surface area contributed by atoms with E-state index in [1.54, 1.807) is 0 Å². The lowest BCUT2D eigenvalue weighted by Gasteiger charge is -2.26. The lowest BCUT2D eigenvalue weighted by atomic mass is 9.85. The number of rotatable bonds is 8. The van der Waals surface area contributed by atoms with E-state index in [4.69, 9.17) is 4.74 Å². The molecule has 66 heavy (non-hydrogen) atoms. The van der Waals surface area contributed by atoms with Crippen LogP contribution in [0.5, 0.6) is 0 Å². The number of hydrogen-bond acceptors (Lipinski definition) is 2. The number of benzene rings is 4. The predicted octanol–water partition coefficient (Wildman–Crippen LogP) is 14.3. The fourth-order valence-corrected chi connectivity index (χ4v) is 9.88. The van der Waals surface area contributed by atoms with E-state index >= 15 is 0 Å². The molecule has 0 amide bonds. The molecule has 0 bridgehead atoms. The summed E-state index contributed by atoms with van der Waals surface area (Å²) < 4.78 is 5.76. The molecule has 10 rings (SSSR count). The number of ether oxygens (including phenoxy) is 1. The van der Waals surface area contributed by atoms with E-state index < -0.39 is 0 Å². The third kappa shape index (κ3) is 8.34. The van der Waals surface area contributed by atoms with Crippen molar-refractivity contribution in [2.24, 2.45) is 5.92 Å². The fourth-order valence-electron chi connectivity index (χ4n) is 9.88. The minimum Gasteiger partial charge on any atom is -0.493 e. The predicted molar refractivity (Wildman–Crippen MR) is 281 cm³/mol. The first-order valence-electron chi connectivity index (χ1n) is 23.2. The van der Waals surface area contributed by atoms with Gasteiger partial charge in [-0.05, 0) is 159 Å². The molecule has 0 fully saturated rings. The molecular formula is C64H53NO. The Morgan fingerprint density at radius 1 is 0.833 bits per heavy atom. The van der Waals surface area contributed by atoms with Crippen LogP contribution in [0.4, 0.5) is 11.4 Å². The summed E-state index contributed by atoms with van der Waals surface area (Å²) in [6.07, 6.45) is 47.6. The van der Waals surface area contributed by atoms with Crippen molar-refractivity contribution in [3.63, 3.8) is 0 Å². The highest BCUT2D eigenvalue weighted by molar-refractivity contribution is 5.93. The molecule has 0 saturated heterocycles. The summed E-state index contributed by atoms with van der Waals surface area (Å²) in [6.45, 7) is 11.9. The maximum atomic E-state index is 5.76. The Morgan fingerprint density at radius 3 is 2.61 bits per heavy atom. The van der Waals surface area contributed by atoms with Crippen molar-refractivity contribution >= 4 is 52.6 Å². The van der Waals surface area contributed by atoms with Crippen LogP contribution in [-0.4, -0.2) is 13.2 Å². The average molecular weight is 852 g/mol. The first-order chi connectivity index (χ1) is 32.4. The summed E-state index contributed by atoms with van der Waals surface area (Å²) in [4.78, 5) is 2.44. The van der Waals surface area contributed by atoms with Crippen molar-refractivity contribution in [2.45, 2.75) is 39.5 Å². The van der Waals surface area contributed by atoms with E-state index in [2.05, 4.69) is 219 Å². The van der Waals surface area contributed by atoms with Gasteiger partial charge in [-0.25, -0.2) is 0 Å². The third-order valence-corrected chi connectivity index (χ3v) is 13.4. The molecule has 0 saturated carbocycles. The van der Waals surface area contributed by atoms with E-state index in [-0.39, 0.29) is 5.92 Å². The average Bonchev–Trinajstić information content (AvgIpc) is 3.60. The Kier molecular flexibility index (Phi) is 12.0. The summed E-state index contributed by atoms with van der Waals surface area (Å²) in [5, 5.41) is 2.18. The maximum Gasteiger partial charge on any atom is 0.114 e. The second-order valence-corrected chi connectivity index (χ2v) is 17.6. The van der Waals surface area contributed by atoms with E-state index in [1.807, 2.05) is 25.2 Å². The zero-order valence-electron chi connectivity index (χ0n) is 38.0. The number of anilines is 2. The second-order valence-electron chi connectivity index (χ2n) is 17.6. The highest BCUT2D eigenvalue weighted by Crippen LogP contribution is 2.37. The van der Waals surface area contributed by atoms with Gasteiger partial charge in [-0.3, -0.25) is 0 Å². The molecule has 4 aromatic carbocycles. The molecule has 320 valence electrons. The van der Waals surface area contributed by atoms with Gasteiger partial charge in [0.2, 0.25) is 0 Å². The standard InChI is InChI=1S/C64H53NO/c1-5-56-46(4)66-43-54(56)24-14-18-44(2)47-25-17-41-65(62-30-13-12-20-49(62)33-31-47)55-38-35-51(36-39-55)64-60-28-10-6-8-26-58(60)63(59-27-9-7-11-29-61(59)64)50-22-16-21-48(32-34-50)52-37-40-57-45(3)19-15-23-53(57)42-52/h5-10,12-18,20-21,23-25,27-32,34-40,42,44-45H,1,19,33,41,43H2,2-4H3/b18-14-,25-17-,47-31+,54-24+. The molecule has 2 unspecified atom stereocenters. The number of allylic oxidation sites excluding steroid dienone is 19. The number of hydrogen-bond donors (Lipinski definition) is 0. The smallest absolute Gasteiger partial charge is 0.114 e. The quantitative estimate of drug-likeness (QED) is 0.164. The molecule has 0 aromatic heterocycles. The lowest BCUT2D eigenvalue weighted by molar-refractivity contribution is 0.263. The van der Waals surface area contributed by atoms with E-state index in [1.165, 1.54) is 39.1 Å². The van der Waals surface area contributed by atoms with Crippen LogP contribution in [0.3, 0.4) is 0 Å². The van der Waals surface area contributed by atoms with Gasteiger partial charge in [-0.1, -0.05) is 154 Å². The number of nitrogens with zero attached hydrogens (tertiary/aromatic N) is 1. The molecule has 0 spiro atoms. The molecule has 2 atom stereocenters. The van der Waals surface area contributed by atoms with Gasteiger partial charge in [-0.15, -0.1) is 17.2 Å². The van der Waals surface area contributed by atoms with E-state index in [9.17, 15) is 0 Å². The van der Waals surface area contributed by atoms with Crippen molar-refractivity contribution in [3.8, 4) is 11.1 Å². The molecule has 2 aliphatic heterocycles. The third-order valence-electron chi connectivity index (χ3n) is 13.4. The molecular weight excluding hydrogens is 799 g/mol. The minimum atomic E-state index is 0.242. The normalized spacial score (nSPS) is 20.2. The van der Waals surface area contributed by atoms with E-state index in [0.717, 1.165) is 85.8 Å². The molecule has 6 aliphatic rings. The van der Waals surface area contributed by atoms with Gasteiger partial charge < -0.3 is 9.64 Å². The Balaban J connectivity index is 0.982. The summed E-state index contributed by atoms with van der Waals surface area (Å²) in [7, 11) is 0. The van der Waals surface area contributed by atoms with Gasteiger partial charge in [0.05, 0.1) is 0 Å². The van der Waals surface area contributed by atoms with Crippen LogP contribution in [0.2, 0.25) is 0 Å². The van der Waals surface area contributed by atoms with Gasteiger partial charge in [-0.2, -0.15) is 0 Å². The van der Waals surface area contributed by atoms with Crippen molar-refractivity contribution in [2.75, 3.05) is 18.1 Å². The first-order valence-corrected chi connectivity index (χ1v) is 23.2. The summed E-state index contributed by atoms with van der Waals surface area (Å²) in [6, 6.07) is 24.8. The van der Waals surface area contributed by atoms with Crippen LogP contribution in [0, 0.1) is 5.92 Å². The summed E-state index contributed by atoms with van der Waals surface area (Å²) in [5.41, 5.74) is 29.9. The first kappa shape index (κ1) is 42.1. The van der Waals surface area contributed by atoms with Crippen LogP contribution in [0.15, 0.2) is 211 Å². The zero-order valence-corrected chi connectivity index (χ0v) is 38.0. The van der Waals surface area contributed by atoms with Crippen molar-refractivity contribution < 1.29 is 4.74 Å². The molecule has 4 aliphatic carbocycles. The highest BCUT2D eigenvalue weighted by atomic mass is 16.5. The lowest BCUT2D eigenvalue weighted by Crippen LogP contribution is -2.31. The summed E-state index contributed by atoms with van der Waals surface area (Å²) >= 11 is 0. The van der Waals surface area contributed by atoms with Crippen LogP contribution >= 0.6 is 0 Å². The monoisotopic (exact) mass is 851 g/mol. The largest absolute Gasteiger partial charge is 0.493 e. The molecule has 0 radical (unpaired) electrons. The maximum absolute atomic E-state index is 5.76. The highest BCUT2D eigenvalue weighted by Gasteiger charge is 2.22. The molecule has 2 nitrogen and oxygen atoms in total. The van der Waals surface area contributed by atoms with Crippen molar-refractivity contribution in [1.82, 2.24) is 0 Å². The van der Waals surface area contributed by atoms with Gasteiger partial charge in [0.25, 0.3) is 0 Å². The fraction of sp³-hybridized carbons (Fsp3) is 0.141. The molecule has 0 N–H and O–H groups in total. The van der Waals surface area contributed by atoms with Crippen LogP contribution < -0.4 is 15.3 Å². The Hall–Kier alpha value is -7.82. The van der Waals surface area contributed by atoms with Gasteiger partial charge in [0.15, 0.2) is 0 Å². The number of para-hydroxylation sites is 1. The topological polar surface area (TPSA) is 12.5 Å². The van der Waals surface area contributed by atoms with Gasteiger partial charge in [0, 0.05) is 39.8 Å². The van der Waals surface area contributed by atoms with Crippen LogP contribution in [0.25, 0.3) is 52.3 Å². The molecule has 2 heterocycles. The molecule has 2 heteroatoms. The summed E-state index contributed by atoms with van der Waals surface area (Å²) in [5.74, 6) is 1.72. The van der Waals surface area contributed by atoms with Crippen LogP contribution in [0.1, 0.15) is 72.1 Å². The number of fused-ring (bicyclic) bond motifs is 4. The Bertz CT molecular complexity index is 3320.